The molecule has 134 valence electrons. The molecular weight excluding hydrogens is 353 g/mol. The molecule has 0 spiro atoms. The molecule has 0 unspecified atom stereocenters. The molecule has 0 aliphatic carbocycles. The van der Waals surface area contributed by atoms with Gasteiger partial charge in [-0.15, -0.1) is 5.10 Å². The highest BCUT2D eigenvalue weighted by molar-refractivity contribution is 8.15. The Bertz CT molecular complexity index is 848. The van der Waals surface area contributed by atoms with E-state index in [2.05, 4.69) is 15.5 Å². The minimum Gasteiger partial charge on any atom is -0.497 e. The van der Waals surface area contributed by atoms with Gasteiger partial charge in [0, 0.05) is 0 Å². The molecule has 1 heterocycles. The van der Waals surface area contributed by atoms with Crippen LogP contribution < -0.4 is 10.1 Å². The topological polar surface area (TPSA) is 63.1 Å². The Morgan fingerprint density at radius 2 is 1.88 bits per heavy atom. The molecule has 26 heavy (non-hydrogen) atoms. The first-order valence-corrected chi connectivity index (χ1v) is 8.92. The molecular formula is C19H18FN3O2S. The molecule has 5 nitrogen and oxygen atoms in total. The van der Waals surface area contributed by atoms with Crippen LogP contribution in [0.2, 0.25) is 0 Å². The molecule has 1 saturated heterocycles. The maximum Gasteiger partial charge on any atom is 0.239 e. The van der Waals surface area contributed by atoms with E-state index in [1.165, 1.54) is 23.9 Å². The minimum absolute atomic E-state index is 0.0841. The molecule has 0 bridgehead atoms. The lowest BCUT2D eigenvalue weighted by molar-refractivity contribution is -0.118. The fraction of sp³-hybridized carbons (Fsp3) is 0.211. The highest BCUT2D eigenvalue weighted by atomic mass is 32.2. The summed E-state index contributed by atoms with van der Waals surface area (Å²) in [4.78, 5) is 12.1. The van der Waals surface area contributed by atoms with E-state index in [1.807, 2.05) is 24.3 Å². The molecule has 2 aromatic carbocycles. The number of hydrogen-bond donors (Lipinski definition) is 1. The Morgan fingerprint density at radius 1 is 1.19 bits per heavy atom. The Labute approximate surface area is 155 Å². The van der Waals surface area contributed by atoms with Crippen LogP contribution in [0.15, 0.2) is 58.7 Å². The van der Waals surface area contributed by atoms with E-state index in [-0.39, 0.29) is 17.0 Å². The number of hydrogen-bond acceptors (Lipinski definition) is 5. The van der Waals surface area contributed by atoms with E-state index in [9.17, 15) is 9.18 Å². The summed E-state index contributed by atoms with van der Waals surface area (Å²) in [5.74, 6) is 0.400. The van der Waals surface area contributed by atoms with E-state index in [0.29, 0.717) is 17.3 Å². The predicted octanol–water partition coefficient (Wildman–Crippen LogP) is 3.39. The van der Waals surface area contributed by atoms with Gasteiger partial charge in [-0.1, -0.05) is 36.0 Å². The zero-order chi connectivity index (χ0) is 18.5. The first kappa shape index (κ1) is 18.1. The van der Waals surface area contributed by atoms with Gasteiger partial charge in [-0.05, 0) is 48.7 Å². The van der Waals surface area contributed by atoms with E-state index in [1.54, 1.807) is 26.2 Å². The smallest absolute Gasteiger partial charge is 0.239 e. The summed E-state index contributed by atoms with van der Waals surface area (Å²) in [5, 5.41) is 11.2. The van der Waals surface area contributed by atoms with Crippen LogP contribution in [0.25, 0.3) is 0 Å². The number of nitrogens with one attached hydrogen (secondary N) is 1. The lowest BCUT2D eigenvalue weighted by atomic mass is 10.1. The van der Waals surface area contributed by atoms with Crippen molar-refractivity contribution in [1.82, 2.24) is 5.32 Å². The fourth-order valence-electron chi connectivity index (χ4n) is 2.43. The van der Waals surface area contributed by atoms with Crippen LogP contribution in [-0.4, -0.2) is 29.1 Å². The predicted molar refractivity (Wildman–Crippen MR) is 102 cm³/mol. The van der Waals surface area contributed by atoms with Crippen LogP contribution in [0.1, 0.15) is 18.1 Å². The van der Waals surface area contributed by atoms with Gasteiger partial charge in [-0.3, -0.25) is 4.79 Å². The SMILES string of the molecule is COc1ccc(C[C@@H]2S/C(=N/N=C(/C)c3ccc(F)cc3)NC2=O)cc1. The second kappa shape index (κ2) is 8.14. The second-order valence-electron chi connectivity index (χ2n) is 5.75. The van der Waals surface area contributed by atoms with Crippen LogP contribution in [0.5, 0.6) is 5.75 Å². The normalized spacial score (nSPS) is 18.9. The Kier molecular flexibility index (Phi) is 5.68. The lowest BCUT2D eigenvalue weighted by Gasteiger charge is -2.06. The van der Waals surface area contributed by atoms with Crippen molar-refractivity contribution in [2.75, 3.05) is 7.11 Å². The first-order chi connectivity index (χ1) is 12.5. The molecule has 7 heteroatoms. The van der Waals surface area contributed by atoms with Gasteiger partial charge in [-0.2, -0.15) is 5.10 Å². The number of amidine groups is 1. The van der Waals surface area contributed by atoms with Crippen LogP contribution in [0.4, 0.5) is 4.39 Å². The Morgan fingerprint density at radius 3 is 2.54 bits per heavy atom. The van der Waals surface area contributed by atoms with Crippen molar-refractivity contribution < 1.29 is 13.9 Å². The molecule has 1 amide bonds. The van der Waals surface area contributed by atoms with Crippen molar-refractivity contribution >= 4 is 28.5 Å². The molecule has 1 aliphatic heterocycles. The van der Waals surface area contributed by atoms with E-state index >= 15 is 0 Å². The molecule has 3 rings (SSSR count). The van der Waals surface area contributed by atoms with Crippen LogP contribution in [0.3, 0.4) is 0 Å². The Balaban J connectivity index is 1.65. The summed E-state index contributed by atoms with van der Waals surface area (Å²) in [6.45, 7) is 1.79. The molecule has 1 fully saturated rings. The number of halogens is 1. The van der Waals surface area contributed by atoms with Gasteiger partial charge in [0.1, 0.15) is 11.6 Å². The summed E-state index contributed by atoms with van der Waals surface area (Å²) < 4.78 is 18.1. The van der Waals surface area contributed by atoms with Gasteiger partial charge in [0.2, 0.25) is 5.91 Å². The third-order valence-corrected chi connectivity index (χ3v) is 4.98. The maximum absolute atomic E-state index is 13.0. The summed E-state index contributed by atoms with van der Waals surface area (Å²) >= 11 is 1.35. The summed E-state index contributed by atoms with van der Waals surface area (Å²) in [6, 6.07) is 13.7. The van der Waals surface area contributed by atoms with Crippen molar-refractivity contribution in [3.05, 3.63) is 65.5 Å². The van der Waals surface area contributed by atoms with Crippen LogP contribution in [0, 0.1) is 5.82 Å². The zero-order valence-electron chi connectivity index (χ0n) is 14.4. The number of carbonyl (C=O) groups is 1. The number of thioether (sulfide) groups is 1. The summed E-state index contributed by atoms with van der Waals surface area (Å²) in [6.07, 6.45) is 0.597. The van der Waals surface area contributed by atoms with E-state index in [4.69, 9.17) is 4.74 Å². The highest BCUT2D eigenvalue weighted by Gasteiger charge is 2.30. The quantitative estimate of drug-likeness (QED) is 0.647. The number of amides is 1. The number of methoxy groups -OCH3 is 1. The van der Waals surface area contributed by atoms with Gasteiger partial charge in [0.15, 0.2) is 5.17 Å². The third kappa shape index (κ3) is 4.49. The Hall–Kier alpha value is -2.67. The lowest BCUT2D eigenvalue weighted by Crippen LogP contribution is -2.25. The number of benzene rings is 2. The molecule has 2 aromatic rings. The number of rotatable bonds is 5. The van der Waals surface area contributed by atoms with Gasteiger partial charge in [0.25, 0.3) is 0 Å². The summed E-state index contributed by atoms with van der Waals surface area (Å²) in [7, 11) is 1.62. The molecule has 1 atom stereocenters. The first-order valence-electron chi connectivity index (χ1n) is 8.04. The molecule has 0 aromatic heterocycles. The zero-order valence-corrected chi connectivity index (χ0v) is 15.2. The second-order valence-corrected chi connectivity index (χ2v) is 6.94. The van der Waals surface area contributed by atoms with E-state index < -0.39 is 0 Å². The van der Waals surface area contributed by atoms with Crippen molar-refractivity contribution in [3.63, 3.8) is 0 Å². The van der Waals surface area contributed by atoms with Crippen molar-refractivity contribution in [2.24, 2.45) is 10.2 Å². The molecule has 0 radical (unpaired) electrons. The van der Waals surface area contributed by atoms with Gasteiger partial charge < -0.3 is 10.1 Å². The maximum atomic E-state index is 13.0. The summed E-state index contributed by atoms with van der Waals surface area (Å²) in [5.41, 5.74) is 2.47. The van der Waals surface area contributed by atoms with Crippen molar-refractivity contribution in [2.45, 2.75) is 18.6 Å². The van der Waals surface area contributed by atoms with Crippen molar-refractivity contribution in [1.29, 1.82) is 0 Å². The average molecular weight is 371 g/mol. The minimum atomic E-state index is -0.298. The molecule has 1 aliphatic rings. The average Bonchev–Trinajstić information content (AvgIpc) is 3.00. The van der Waals surface area contributed by atoms with Crippen molar-refractivity contribution in [3.8, 4) is 5.75 Å². The standard InChI is InChI=1S/C19H18FN3O2S/c1-12(14-5-7-15(20)8-6-14)22-23-19-21-18(24)17(26-19)11-13-3-9-16(25-2)10-4-13/h3-10,17H,11H2,1-2H3,(H,21,23,24)/b22-12-/t17-/m0/s1. The molecule has 1 N–H and O–H groups in total. The number of carbonyl (C=O) groups excluding carboxylic acids is 1. The monoisotopic (exact) mass is 371 g/mol. The molecule has 0 saturated carbocycles. The van der Waals surface area contributed by atoms with Gasteiger partial charge in [0.05, 0.1) is 18.1 Å². The van der Waals surface area contributed by atoms with Crippen LogP contribution >= 0.6 is 11.8 Å². The van der Waals surface area contributed by atoms with Crippen LogP contribution in [-0.2, 0) is 11.2 Å². The third-order valence-electron chi connectivity index (χ3n) is 3.91. The number of nitrogens with zero attached hydrogens (tertiary/aromatic N) is 2. The highest BCUT2D eigenvalue weighted by Crippen LogP contribution is 2.24. The van der Waals surface area contributed by atoms with E-state index in [0.717, 1.165) is 16.9 Å². The largest absolute Gasteiger partial charge is 0.497 e. The van der Waals surface area contributed by atoms with Gasteiger partial charge >= 0.3 is 0 Å². The number of ether oxygens (including phenoxy) is 1. The fourth-order valence-corrected chi connectivity index (χ4v) is 3.39. The van der Waals surface area contributed by atoms with Gasteiger partial charge in [-0.25, -0.2) is 4.39 Å².